The number of fused-ring (bicyclic) bond motifs is 1. The van der Waals surface area contributed by atoms with Gasteiger partial charge in [-0.25, -0.2) is 0 Å². The van der Waals surface area contributed by atoms with Gasteiger partial charge in [-0.2, -0.15) is 0 Å². The second kappa shape index (κ2) is 5.91. The molecule has 0 amide bonds. The minimum atomic E-state index is 0.919. The summed E-state index contributed by atoms with van der Waals surface area (Å²) in [5, 5.41) is 0. The maximum absolute atomic E-state index is 4.26. The SMILES string of the molecule is C=CC1=C(/C=C(\C)I)CC(=C)c2cc(CC)ccc21. The highest BCUT2D eigenvalue weighted by molar-refractivity contribution is 14.1. The zero-order valence-electron chi connectivity index (χ0n) is 11.6. The van der Waals surface area contributed by atoms with Crippen molar-refractivity contribution in [3.05, 3.63) is 69.4 Å². The Labute approximate surface area is 129 Å². The van der Waals surface area contributed by atoms with E-state index in [-0.39, 0.29) is 0 Å². The molecule has 1 aromatic carbocycles. The largest absolute Gasteiger partial charge is 0.0984 e. The molecule has 2 rings (SSSR count). The Morgan fingerprint density at radius 1 is 1.37 bits per heavy atom. The van der Waals surface area contributed by atoms with E-state index in [1.54, 1.807) is 0 Å². The molecule has 0 aliphatic heterocycles. The summed E-state index contributed by atoms with van der Waals surface area (Å²) in [6, 6.07) is 6.70. The van der Waals surface area contributed by atoms with E-state index in [9.17, 15) is 0 Å². The Kier molecular flexibility index (Phi) is 4.46. The van der Waals surface area contributed by atoms with Crippen molar-refractivity contribution >= 4 is 33.7 Å². The van der Waals surface area contributed by atoms with Gasteiger partial charge in [0.25, 0.3) is 0 Å². The van der Waals surface area contributed by atoms with E-state index in [1.165, 1.54) is 37.0 Å². The normalized spacial score (nSPS) is 15.5. The summed E-state index contributed by atoms with van der Waals surface area (Å²) in [5.74, 6) is 0. The zero-order chi connectivity index (χ0) is 14.0. The van der Waals surface area contributed by atoms with Crippen molar-refractivity contribution in [1.82, 2.24) is 0 Å². The van der Waals surface area contributed by atoms with E-state index >= 15 is 0 Å². The van der Waals surface area contributed by atoms with Crippen molar-refractivity contribution in [2.75, 3.05) is 0 Å². The summed E-state index contributed by atoms with van der Waals surface area (Å²) in [6.07, 6.45) is 6.19. The highest BCUT2D eigenvalue weighted by atomic mass is 127. The molecule has 1 aromatic rings. The lowest BCUT2D eigenvalue weighted by atomic mass is 9.82. The van der Waals surface area contributed by atoms with Crippen LogP contribution in [0.25, 0.3) is 11.1 Å². The Hall–Kier alpha value is -1.09. The van der Waals surface area contributed by atoms with E-state index in [0.29, 0.717) is 0 Å². The molecule has 0 saturated carbocycles. The maximum atomic E-state index is 4.26. The van der Waals surface area contributed by atoms with Gasteiger partial charge < -0.3 is 0 Å². The van der Waals surface area contributed by atoms with Gasteiger partial charge in [0.1, 0.15) is 0 Å². The van der Waals surface area contributed by atoms with Crippen LogP contribution >= 0.6 is 22.6 Å². The van der Waals surface area contributed by atoms with Crippen LogP contribution in [0.15, 0.2) is 52.7 Å². The van der Waals surface area contributed by atoms with Gasteiger partial charge in [0, 0.05) is 0 Å². The molecular formula is C18H19I. The lowest BCUT2D eigenvalue weighted by Crippen LogP contribution is -2.03. The fourth-order valence-corrected chi connectivity index (χ4v) is 2.92. The van der Waals surface area contributed by atoms with Gasteiger partial charge in [-0.3, -0.25) is 0 Å². The van der Waals surface area contributed by atoms with Crippen LogP contribution in [0, 0.1) is 0 Å². The van der Waals surface area contributed by atoms with E-state index in [0.717, 1.165) is 12.8 Å². The van der Waals surface area contributed by atoms with Crippen molar-refractivity contribution in [3.8, 4) is 0 Å². The Bertz CT molecular complexity index is 596. The average Bonchev–Trinajstić information content (AvgIpc) is 2.38. The van der Waals surface area contributed by atoms with E-state index in [2.05, 4.69) is 73.9 Å². The molecule has 1 aliphatic carbocycles. The zero-order valence-corrected chi connectivity index (χ0v) is 13.8. The standard InChI is InChI=1S/C18H19I/c1-5-14-7-8-17-16(6-2)15(10-13(4)19)9-12(3)18(17)11-14/h6-8,10-11H,2-3,5,9H2,1,4H3/b13-10+. The molecule has 1 heteroatoms. The number of halogens is 1. The Morgan fingerprint density at radius 2 is 2.11 bits per heavy atom. The van der Waals surface area contributed by atoms with Gasteiger partial charge >= 0.3 is 0 Å². The van der Waals surface area contributed by atoms with Gasteiger partial charge in [0.05, 0.1) is 0 Å². The van der Waals surface area contributed by atoms with E-state index in [1.807, 2.05) is 6.08 Å². The number of hydrogen-bond acceptors (Lipinski definition) is 0. The first-order valence-electron chi connectivity index (χ1n) is 6.57. The summed E-state index contributed by atoms with van der Waals surface area (Å²) in [5.41, 5.74) is 7.71. The van der Waals surface area contributed by atoms with Gasteiger partial charge in [-0.15, -0.1) is 0 Å². The molecule has 0 unspecified atom stereocenters. The first kappa shape index (κ1) is 14.3. The van der Waals surface area contributed by atoms with Crippen LogP contribution in [-0.2, 0) is 6.42 Å². The van der Waals surface area contributed by atoms with Crippen molar-refractivity contribution in [2.45, 2.75) is 26.7 Å². The quantitative estimate of drug-likeness (QED) is 0.584. The molecule has 1 aliphatic rings. The predicted octanol–water partition coefficient (Wildman–Crippen LogP) is 5.94. The highest BCUT2D eigenvalue weighted by Crippen LogP contribution is 2.39. The fourth-order valence-electron chi connectivity index (χ4n) is 2.54. The summed E-state index contributed by atoms with van der Waals surface area (Å²) < 4.78 is 1.29. The average molecular weight is 362 g/mol. The van der Waals surface area contributed by atoms with Crippen molar-refractivity contribution in [3.63, 3.8) is 0 Å². The predicted molar refractivity (Wildman–Crippen MR) is 94.4 cm³/mol. The summed E-state index contributed by atoms with van der Waals surface area (Å²) in [7, 11) is 0. The van der Waals surface area contributed by atoms with Crippen LogP contribution in [0.2, 0.25) is 0 Å². The first-order chi connectivity index (χ1) is 9.06. The molecule has 98 valence electrons. The van der Waals surface area contributed by atoms with E-state index in [4.69, 9.17) is 0 Å². The molecule has 0 spiro atoms. The smallest absolute Gasteiger partial charge is 0.00191 e. The van der Waals surface area contributed by atoms with Gasteiger partial charge in [0.15, 0.2) is 0 Å². The molecule has 0 N–H and O–H groups in total. The van der Waals surface area contributed by atoms with Gasteiger partial charge in [-0.1, -0.05) is 44.4 Å². The number of rotatable bonds is 3. The minimum absolute atomic E-state index is 0.919. The molecule has 19 heavy (non-hydrogen) atoms. The van der Waals surface area contributed by atoms with Gasteiger partial charge in [0.2, 0.25) is 0 Å². The third-order valence-corrected chi connectivity index (χ3v) is 3.80. The maximum Gasteiger partial charge on any atom is -0.00191 e. The summed E-state index contributed by atoms with van der Waals surface area (Å²) in [4.78, 5) is 0. The lowest BCUT2D eigenvalue weighted by molar-refractivity contribution is 1.13. The molecule has 0 fully saturated rings. The monoisotopic (exact) mass is 362 g/mol. The highest BCUT2D eigenvalue weighted by Gasteiger charge is 2.18. The van der Waals surface area contributed by atoms with Crippen LogP contribution in [0.4, 0.5) is 0 Å². The Morgan fingerprint density at radius 3 is 2.68 bits per heavy atom. The molecule has 0 aromatic heterocycles. The first-order valence-corrected chi connectivity index (χ1v) is 7.65. The molecule has 0 atom stereocenters. The van der Waals surface area contributed by atoms with Crippen molar-refractivity contribution in [2.24, 2.45) is 0 Å². The molecule has 0 bridgehead atoms. The van der Waals surface area contributed by atoms with Crippen LogP contribution < -0.4 is 0 Å². The molecule has 0 saturated heterocycles. The van der Waals surface area contributed by atoms with Crippen LogP contribution in [0.3, 0.4) is 0 Å². The van der Waals surface area contributed by atoms with Crippen LogP contribution in [0.1, 0.15) is 37.0 Å². The second-order valence-corrected chi connectivity index (χ2v) is 6.59. The third kappa shape index (κ3) is 2.92. The second-order valence-electron chi connectivity index (χ2n) is 4.89. The molecule has 0 heterocycles. The summed E-state index contributed by atoms with van der Waals surface area (Å²) >= 11 is 2.35. The molecule has 0 radical (unpaired) electrons. The van der Waals surface area contributed by atoms with Crippen LogP contribution in [-0.4, -0.2) is 0 Å². The molecular weight excluding hydrogens is 343 g/mol. The number of allylic oxidation sites excluding steroid dienone is 6. The van der Waals surface area contributed by atoms with Gasteiger partial charge in [-0.05, 0) is 85.4 Å². The number of benzene rings is 1. The number of aryl methyl sites for hydroxylation is 1. The van der Waals surface area contributed by atoms with E-state index < -0.39 is 0 Å². The van der Waals surface area contributed by atoms with Crippen molar-refractivity contribution in [1.29, 1.82) is 0 Å². The van der Waals surface area contributed by atoms with Crippen molar-refractivity contribution < 1.29 is 0 Å². The lowest BCUT2D eigenvalue weighted by Gasteiger charge is -2.23. The van der Waals surface area contributed by atoms with Crippen LogP contribution in [0.5, 0.6) is 0 Å². The summed E-state index contributed by atoms with van der Waals surface area (Å²) in [6.45, 7) is 12.5. The topological polar surface area (TPSA) is 0 Å². The molecule has 0 nitrogen and oxygen atoms in total. The third-order valence-electron chi connectivity index (χ3n) is 3.49. The minimum Gasteiger partial charge on any atom is -0.0984 e. The fraction of sp³-hybridized carbons (Fsp3) is 0.222. The number of hydrogen-bond donors (Lipinski definition) is 0. The Balaban J connectivity index is 2.65.